The molecule has 0 nitrogen and oxygen atoms in total. The fourth-order valence-corrected chi connectivity index (χ4v) is 9.72. The van der Waals surface area contributed by atoms with Gasteiger partial charge < -0.3 is 20.8 Å². The van der Waals surface area contributed by atoms with Gasteiger partial charge >= 0.3 is 21.1 Å². The Morgan fingerprint density at radius 2 is 0.860 bits per heavy atom. The van der Waals surface area contributed by atoms with Crippen LogP contribution in [0.15, 0.2) is 108 Å². The predicted molar refractivity (Wildman–Crippen MR) is 193 cm³/mol. The second-order valence-electron chi connectivity index (χ2n) is 10.7. The number of hydrogen-bond acceptors (Lipinski definition) is 0. The number of rotatable bonds is 13. The first kappa shape index (κ1) is 41.0. The van der Waals surface area contributed by atoms with Crippen LogP contribution in [0.4, 0.5) is 0 Å². The second-order valence-corrected chi connectivity index (χ2v) is 14.5. The van der Waals surface area contributed by atoms with E-state index in [4.69, 9.17) is 0 Å². The zero-order valence-electron chi connectivity index (χ0n) is 27.4. The molecule has 0 unspecified atom stereocenters. The first-order chi connectivity index (χ1) is 20.7. The van der Waals surface area contributed by atoms with Gasteiger partial charge in [-0.2, -0.15) is 25.3 Å². The summed E-state index contributed by atoms with van der Waals surface area (Å²) >= 11 is 0. The molecule has 0 aromatic heterocycles. The molecule has 4 rings (SSSR count). The average molecular weight is 774 g/mol. The maximum atomic E-state index is 3.72. The first-order valence-electron chi connectivity index (χ1n) is 16.5. The summed E-state index contributed by atoms with van der Waals surface area (Å²) in [6, 6.07) is 32.9. The summed E-state index contributed by atoms with van der Waals surface area (Å²) in [5.74, 6) is 0. The molecule has 0 saturated heterocycles. The molecule has 0 fully saturated rings. The summed E-state index contributed by atoms with van der Waals surface area (Å²) in [6.07, 6.45) is 24.3. The van der Waals surface area contributed by atoms with Crippen LogP contribution in [0, 0.1) is 26.8 Å². The normalized spacial score (nSPS) is 11.4. The van der Waals surface area contributed by atoms with E-state index in [-0.39, 0.29) is 21.1 Å². The summed E-state index contributed by atoms with van der Waals surface area (Å²) in [7, 11) is -2.27. The first-order valence-corrected chi connectivity index (χ1v) is 18.5. The largest absolute Gasteiger partial charge is 4.00 e. The molecule has 0 atom stereocenters. The maximum Gasteiger partial charge on any atom is 4.00 e. The Morgan fingerprint density at radius 1 is 0.535 bits per heavy atom. The van der Waals surface area contributed by atoms with Gasteiger partial charge in [0, 0.05) is 0 Å². The van der Waals surface area contributed by atoms with Crippen LogP contribution < -0.4 is 15.6 Å². The number of hydrogen-bond donors (Lipinski definition) is 0. The van der Waals surface area contributed by atoms with Gasteiger partial charge in [0.1, 0.15) is 8.07 Å². The van der Waals surface area contributed by atoms with Gasteiger partial charge in [0.25, 0.3) is 0 Å². The third kappa shape index (κ3) is 15.1. The fourth-order valence-electron chi connectivity index (χ4n) is 4.97. The van der Waals surface area contributed by atoms with E-state index in [9.17, 15) is 0 Å². The van der Waals surface area contributed by atoms with Gasteiger partial charge in [0.05, 0.1) is 0 Å². The molecule has 43 heavy (non-hydrogen) atoms. The van der Waals surface area contributed by atoms with E-state index < -0.39 is 8.07 Å². The minimum absolute atomic E-state index is 0. The molecule has 1 aliphatic carbocycles. The van der Waals surface area contributed by atoms with E-state index in [0.717, 1.165) is 25.7 Å². The molecule has 236 valence electrons. The van der Waals surface area contributed by atoms with Crippen LogP contribution in [0.5, 0.6) is 0 Å². The summed E-state index contributed by atoms with van der Waals surface area (Å²) in [5.41, 5.74) is 0. The van der Waals surface area contributed by atoms with Crippen molar-refractivity contribution in [3.63, 3.8) is 0 Å². The van der Waals surface area contributed by atoms with Crippen LogP contribution in [0.25, 0.3) is 0 Å². The molecule has 3 aromatic carbocycles. The Bertz CT molecular complexity index is 929. The average Bonchev–Trinajstić information content (AvgIpc) is 3.60. The standard InChI is InChI=1S/C23H19Si.3C6H13.Pt/c1-4-12-20(13-5-1)24(23-18-10-11-19-23,21-14-6-2-7-15-21)22-16-8-3-9-17-22;3*1-3-5-6-4-2;/h1-10,12-18H,11H2;3*1,3-6H2,2H3;/q4*-1;+4. The zero-order chi connectivity index (χ0) is 30.7. The zero-order valence-corrected chi connectivity index (χ0v) is 30.7. The predicted octanol–water partition coefficient (Wildman–Crippen LogP) is 10.6. The number of allylic oxidation sites excluding steroid dienone is 4. The fraction of sp³-hybridized carbons (Fsp3) is 0.390. The van der Waals surface area contributed by atoms with Crippen LogP contribution in [-0.2, 0) is 21.1 Å². The van der Waals surface area contributed by atoms with Crippen LogP contribution in [0.1, 0.15) is 104 Å². The monoisotopic (exact) mass is 773 g/mol. The third-order valence-corrected chi connectivity index (χ3v) is 12.0. The SMILES string of the molecule is [C-]1=C([Si](c2ccccc2)(c2ccccc2)c2ccccc2)C=CC1.[CH2-]CCCCC.[CH2-]CCCCC.[CH2-]CCCCC.[Pt+4]. The molecule has 0 saturated carbocycles. The molecule has 2 heteroatoms. The van der Waals surface area contributed by atoms with Crippen molar-refractivity contribution >= 4 is 23.6 Å². The summed E-state index contributed by atoms with van der Waals surface area (Å²) in [6.45, 7) is 17.8. The van der Waals surface area contributed by atoms with Crippen molar-refractivity contribution in [3.05, 3.63) is 135 Å². The van der Waals surface area contributed by atoms with Crippen molar-refractivity contribution < 1.29 is 21.1 Å². The molecule has 0 spiro atoms. The van der Waals surface area contributed by atoms with E-state index in [2.05, 4.69) is 151 Å². The Kier molecular flexibility index (Phi) is 26.3. The van der Waals surface area contributed by atoms with Crippen LogP contribution in [0.3, 0.4) is 0 Å². The van der Waals surface area contributed by atoms with Crippen molar-refractivity contribution in [2.75, 3.05) is 0 Å². The Morgan fingerprint density at radius 3 is 1.07 bits per heavy atom. The van der Waals surface area contributed by atoms with Gasteiger partial charge in [-0.1, -0.05) is 170 Å². The molecule has 0 radical (unpaired) electrons. The van der Waals surface area contributed by atoms with Crippen molar-refractivity contribution in [2.45, 2.75) is 104 Å². The third-order valence-electron chi connectivity index (χ3n) is 7.28. The molecule has 0 amide bonds. The molecule has 0 aliphatic heterocycles. The topological polar surface area (TPSA) is 0 Å². The second kappa shape index (κ2) is 27.6. The van der Waals surface area contributed by atoms with Crippen LogP contribution in [0.2, 0.25) is 0 Å². The quantitative estimate of drug-likeness (QED) is 0.0702. The molecular weight excluding hydrogens is 716 g/mol. The van der Waals surface area contributed by atoms with E-state index in [1.54, 1.807) is 0 Å². The maximum absolute atomic E-state index is 3.72. The van der Waals surface area contributed by atoms with Crippen molar-refractivity contribution in [2.24, 2.45) is 0 Å². The number of benzene rings is 3. The van der Waals surface area contributed by atoms with E-state index in [1.807, 2.05) is 0 Å². The summed E-state index contributed by atoms with van der Waals surface area (Å²) < 4.78 is 0. The van der Waals surface area contributed by atoms with Crippen molar-refractivity contribution in [3.8, 4) is 0 Å². The molecule has 0 heterocycles. The molecule has 3 aromatic rings. The molecule has 1 aliphatic rings. The van der Waals surface area contributed by atoms with Gasteiger partial charge in [-0.15, -0.1) is 6.42 Å². The summed E-state index contributed by atoms with van der Waals surface area (Å²) in [4.78, 5) is 0. The van der Waals surface area contributed by atoms with E-state index in [1.165, 1.54) is 78.5 Å². The Balaban J connectivity index is 0.000000767. The molecule has 0 N–H and O–H groups in total. The van der Waals surface area contributed by atoms with E-state index in [0.29, 0.717) is 0 Å². The van der Waals surface area contributed by atoms with E-state index >= 15 is 0 Å². The Hall–Kier alpha value is -1.95. The van der Waals surface area contributed by atoms with Crippen molar-refractivity contribution in [1.82, 2.24) is 0 Å². The molecular formula is C41H58PtSi. The van der Waals surface area contributed by atoms with Crippen molar-refractivity contribution in [1.29, 1.82) is 0 Å². The number of unbranched alkanes of at least 4 members (excludes halogenated alkanes) is 9. The van der Waals surface area contributed by atoms with Gasteiger partial charge in [0.15, 0.2) is 0 Å². The minimum Gasteiger partial charge on any atom is -0.343 e. The smallest absolute Gasteiger partial charge is 0.343 e. The van der Waals surface area contributed by atoms with Crippen LogP contribution in [-0.4, -0.2) is 8.07 Å². The Labute approximate surface area is 282 Å². The van der Waals surface area contributed by atoms with Gasteiger partial charge in [0.2, 0.25) is 0 Å². The van der Waals surface area contributed by atoms with Gasteiger partial charge in [-0.3, -0.25) is 6.08 Å². The van der Waals surface area contributed by atoms with Crippen LogP contribution >= 0.6 is 0 Å². The summed E-state index contributed by atoms with van der Waals surface area (Å²) in [5, 5.41) is 5.61. The minimum atomic E-state index is -2.27. The molecule has 0 bridgehead atoms. The van der Waals surface area contributed by atoms with Gasteiger partial charge in [-0.25, -0.2) is 11.3 Å². The van der Waals surface area contributed by atoms with Gasteiger partial charge in [-0.05, 0) is 15.6 Å².